The number of aromatic hydroxyl groups is 2. The van der Waals surface area contributed by atoms with E-state index in [1.165, 1.54) is 31.2 Å². The van der Waals surface area contributed by atoms with E-state index >= 15 is 0 Å². The number of rotatable bonds is 12. The van der Waals surface area contributed by atoms with Crippen LogP contribution in [0.5, 0.6) is 23.0 Å². The summed E-state index contributed by atoms with van der Waals surface area (Å²) in [5, 5.41) is 156. The topological polar surface area (TPSA) is 408 Å². The van der Waals surface area contributed by atoms with Crippen molar-refractivity contribution < 1.29 is 119 Å². The van der Waals surface area contributed by atoms with Crippen LogP contribution in [0, 0.1) is 0 Å². The SMILES string of the molecule is C[C@@H]1O[C@@H](Oc2cc(O)c3c(=O)c(O[C@@H]4O[C@H](CO[C@@H]5O[C@H](CO)[C@@H](O)[C@H](O)[C@H]5O)[C@@H](O)[C@H](O)[C@H]4O[C@@H]4O[C@H](CO)[C@@H](O)[C@H](O)[C@H]4O)c(-c4ccc(O)cc4)oc3c2)[C@H](O)[C@H](O)[C@H]1O. The van der Waals surface area contributed by atoms with E-state index in [-0.39, 0.29) is 22.6 Å². The van der Waals surface area contributed by atoms with E-state index in [0.717, 1.165) is 12.1 Å². The van der Waals surface area contributed by atoms with Gasteiger partial charge in [-0.3, -0.25) is 4.79 Å². The first-order valence-electron chi connectivity index (χ1n) is 19.9. The van der Waals surface area contributed by atoms with Gasteiger partial charge in [-0.2, -0.15) is 0 Å². The summed E-state index contributed by atoms with van der Waals surface area (Å²) in [6, 6.07) is 7.01. The van der Waals surface area contributed by atoms with Crippen molar-refractivity contribution in [2.24, 2.45) is 0 Å². The fourth-order valence-corrected chi connectivity index (χ4v) is 7.61. The number of phenols is 2. The fraction of sp³-hybridized carbons (Fsp3) is 0.615. The molecule has 5 heterocycles. The van der Waals surface area contributed by atoms with Crippen molar-refractivity contribution in [2.75, 3.05) is 19.8 Å². The van der Waals surface area contributed by atoms with Crippen molar-refractivity contribution in [2.45, 2.75) is 130 Å². The van der Waals surface area contributed by atoms with E-state index in [0.29, 0.717) is 0 Å². The molecule has 0 spiro atoms. The number of phenolic OH excluding ortho intramolecular Hbond substituents is 2. The van der Waals surface area contributed by atoms with Gasteiger partial charge in [-0.15, -0.1) is 0 Å². The molecule has 0 bridgehead atoms. The van der Waals surface area contributed by atoms with Crippen LogP contribution in [0.4, 0.5) is 0 Å². The molecule has 20 atom stereocenters. The molecule has 7 rings (SSSR count). The molecule has 356 valence electrons. The molecular formula is C39H50O25. The molecule has 64 heavy (non-hydrogen) atoms. The van der Waals surface area contributed by atoms with Gasteiger partial charge in [-0.25, -0.2) is 0 Å². The molecule has 0 amide bonds. The highest BCUT2D eigenvalue weighted by Gasteiger charge is 2.53. The van der Waals surface area contributed by atoms with Gasteiger partial charge >= 0.3 is 0 Å². The molecular weight excluding hydrogens is 868 g/mol. The zero-order valence-electron chi connectivity index (χ0n) is 33.4. The van der Waals surface area contributed by atoms with Crippen molar-refractivity contribution >= 4 is 11.0 Å². The highest BCUT2D eigenvalue weighted by atomic mass is 16.8. The average molecular weight is 919 g/mol. The van der Waals surface area contributed by atoms with Gasteiger partial charge in [0, 0.05) is 17.7 Å². The van der Waals surface area contributed by atoms with Crippen LogP contribution in [-0.2, 0) is 28.4 Å². The van der Waals surface area contributed by atoms with Crippen LogP contribution in [0.15, 0.2) is 45.6 Å². The summed E-state index contributed by atoms with van der Waals surface area (Å²) in [6.45, 7) is -1.12. The van der Waals surface area contributed by atoms with E-state index in [9.17, 15) is 81.4 Å². The number of fused-ring (bicyclic) bond motifs is 1. The van der Waals surface area contributed by atoms with E-state index < -0.39 is 171 Å². The summed E-state index contributed by atoms with van der Waals surface area (Å²) in [4.78, 5) is 14.5. The summed E-state index contributed by atoms with van der Waals surface area (Å²) in [6.07, 6.45) is -35.7. The van der Waals surface area contributed by atoms with E-state index in [1.54, 1.807) is 0 Å². The third-order valence-electron chi connectivity index (χ3n) is 11.4. The van der Waals surface area contributed by atoms with Gasteiger partial charge in [0.15, 0.2) is 24.4 Å². The van der Waals surface area contributed by atoms with Crippen LogP contribution in [-0.4, -0.2) is 219 Å². The summed E-state index contributed by atoms with van der Waals surface area (Å²) in [5.41, 5.74) is -1.49. The molecule has 4 aliphatic rings. The normalized spacial score (nSPS) is 40.6. The molecule has 2 aromatic carbocycles. The minimum absolute atomic E-state index is 0.0277. The Hall–Kier alpha value is -3.91. The second-order valence-corrected chi connectivity index (χ2v) is 15.7. The van der Waals surface area contributed by atoms with Crippen LogP contribution in [0.25, 0.3) is 22.3 Å². The molecule has 0 saturated carbocycles. The summed E-state index contributed by atoms with van der Waals surface area (Å²) in [5.74, 6) is -2.52. The molecule has 0 aliphatic carbocycles. The van der Waals surface area contributed by atoms with Gasteiger partial charge in [-0.1, -0.05) is 0 Å². The van der Waals surface area contributed by atoms with Gasteiger partial charge in [-0.05, 0) is 31.2 Å². The lowest BCUT2D eigenvalue weighted by Gasteiger charge is -2.46. The average Bonchev–Trinajstić information content (AvgIpc) is 3.27. The van der Waals surface area contributed by atoms with Gasteiger partial charge in [0.05, 0.1) is 25.9 Å². The highest BCUT2D eigenvalue weighted by molar-refractivity contribution is 5.88. The molecule has 1 aromatic heterocycles. The van der Waals surface area contributed by atoms with Gasteiger partial charge < -0.3 is 119 Å². The lowest BCUT2D eigenvalue weighted by molar-refractivity contribution is -0.363. The maximum absolute atomic E-state index is 14.5. The third-order valence-corrected chi connectivity index (χ3v) is 11.4. The Kier molecular flexibility index (Phi) is 14.6. The number of aliphatic hydroxyl groups excluding tert-OH is 13. The Balaban J connectivity index is 1.27. The summed E-state index contributed by atoms with van der Waals surface area (Å²) in [7, 11) is 0. The van der Waals surface area contributed by atoms with Crippen LogP contribution in [0.1, 0.15) is 6.92 Å². The highest BCUT2D eigenvalue weighted by Crippen LogP contribution is 2.40. The second kappa shape index (κ2) is 19.5. The lowest BCUT2D eigenvalue weighted by atomic mass is 9.97. The van der Waals surface area contributed by atoms with Crippen LogP contribution in [0.2, 0.25) is 0 Å². The van der Waals surface area contributed by atoms with Gasteiger partial charge in [0.25, 0.3) is 0 Å². The smallest absolute Gasteiger partial charge is 0.239 e. The zero-order chi connectivity index (χ0) is 46.5. The van der Waals surface area contributed by atoms with Crippen molar-refractivity contribution in [3.63, 3.8) is 0 Å². The van der Waals surface area contributed by atoms with Crippen LogP contribution >= 0.6 is 0 Å². The van der Waals surface area contributed by atoms with Crippen LogP contribution in [0.3, 0.4) is 0 Å². The maximum Gasteiger partial charge on any atom is 0.239 e. The molecule has 3 aromatic rings. The molecule has 4 saturated heterocycles. The molecule has 4 fully saturated rings. The molecule has 15 N–H and O–H groups in total. The first-order valence-corrected chi connectivity index (χ1v) is 19.9. The summed E-state index contributed by atoms with van der Waals surface area (Å²) >= 11 is 0. The number of benzene rings is 2. The Morgan fingerprint density at radius 1 is 0.578 bits per heavy atom. The Morgan fingerprint density at radius 3 is 1.75 bits per heavy atom. The number of hydrogen-bond acceptors (Lipinski definition) is 25. The first-order chi connectivity index (χ1) is 30.3. The number of aliphatic hydroxyl groups is 13. The van der Waals surface area contributed by atoms with E-state index in [1.807, 2.05) is 0 Å². The van der Waals surface area contributed by atoms with Crippen molar-refractivity contribution in [1.29, 1.82) is 0 Å². The molecule has 25 nitrogen and oxygen atoms in total. The number of hydrogen-bond donors (Lipinski definition) is 15. The van der Waals surface area contributed by atoms with Gasteiger partial charge in [0.1, 0.15) is 114 Å². The summed E-state index contributed by atoms with van der Waals surface area (Å²) < 4.78 is 51.5. The predicted octanol–water partition coefficient (Wildman–Crippen LogP) is -6.10. The quantitative estimate of drug-likeness (QED) is 0.0804. The predicted molar refractivity (Wildman–Crippen MR) is 204 cm³/mol. The standard InChI is InChI=1S/C39H50O25/c1-11-21(44)26(49)31(54)37(57-11)58-14-6-15(43)20-16(7-14)59-33(12-2-4-13(42)5-3-12)34(25(20)48)63-39-35(64-38-32(55)28(51)23(46)18(9-41)61-38)29(52)24(47)19(62-39)10-56-36-30(53)27(50)22(45)17(8-40)60-36/h2-7,11,17-19,21-24,26-32,35-47,49-55H,8-10H2,1H3/t11-,17+,18+,19+,21-,22+,23+,24+,26+,27-,28-,29-,30+,31+,32+,35+,36+,37-,38-,39-/m0/s1. The second-order valence-electron chi connectivity index (χ2n) is 15.7. The first kappa shape index (κ1) is 48.0. The van der Waals surface area contributed by atoms with E-state index in [4.69, 9.17) is 42.3 Å². The lowest BCUT2D eigenvalue weighted by Crippen LogP contribution is -2.65. The molecule has 0 unspecified atom stereocenters. The Labute approximate surface area is 360 Å². The number of ether oxygens (including phenoxy) is 8. The van der Waals surface area contributed by atoms with Crippen molar-refractivity contribution in [3.8, 4) is 34.3 Å². The third kappa shape index (κ3) is 9.25. The maximum atomic E-state index is 14.5. The Morgan fingerprint density at radius 2 is 1.12 bits per heavy atom. The molecule has 0 radical (unpaired) electrons. The van der Waals surface area contributed by atoms with Crippen LogP contribution < -0.4 is 14.9 Å². The molecule has 4 aliphatic heterocycles. The largest absolute Gasteiger partial charge is 0.508 e. The minimum Gasteiger partial charge on any atom is -0.508 e. The zero-order valence-corrected chi connectivity index (χ0v) is 33.4. The van der Waals surface area contributed by atoms with E-state index in [2.05, 4.69) is 0 Å². The monoisotopic (exact) mass is 918 g/mol. The fourth-order valence-electron chi connectivity index (χ4n) is 7.61. The van der Waals surface area contributed by atoms with Crippen molar-refractivity contribution in [1.82, 2.24) is 0 Å². The molecule has 25 heteroatoms. The van der Waals surface area contributed by atoms with Gasteiger partial charge in [0.2, 0.25) is 23.8 Å². The Bertz CT molecular complexity index is 2100. The van der Waals surface area contributed by atoms with Crippen molar-refractivity contribution in [3.05, 3.63) is 46.6 Å². The minimum atomic E-state index is -2.16.